The number of carbonyl (C=O) groups excluding carboxylic acids is 2. The summed E-state index contributed by atoms with van der Waals surface area (Å²) in [6.45, 7) is 10.4. The number of piperidine rings is 2. The topological polar surface area (TPSA) is 170 Å². The van der Waals surface area contributed by atoms with Crippen molar-refractivity contribution in [1.29, 1.82) is 0 Å². The average Bonchev–Trinajstić information content (AvgIpc) is 4.09. The van der Waals surface area contributed by atoms with Gasteiger partial charge in [0.25, 0.3) is 31.9 Å². The summed E-state index contributed by atoms with van der Waals surface area (Å²) in [6, 6.07) is 11.5. The molecule has 4 aliphatic heterocycles. The molecule has 18 heteroatoms. The quantitative estimate of drug-likeness (QED) is 0.215. The van der Waals surface area contributed by atoms with Gasteiger partial charge in [0.2, 0.25) is 0 Å². The van der Waals surface area contributed by atoms with Crippen LogP contribution in [0.1, 0.15) is 102 Å². The average molecular weight is 937 g/mol. The number of aryl methyl sites for hydroxylation is 2. The van der Waals surface area contributed by atoms with E-state index >= 15 is 0 Å². The van der Waals surface area contributed by atoms with Crippen molar-refractivity contribution in [3.05, 3.63) is 95.1 Å². The number of rotatable bonds is 7. The number of likely N-dealkylation sites (tertiary alicyclic amines) is 2. The Kier molecular flexibility index (Phi) is 11.7. The lowest BCUT2D eigenvalue weighted by Crippen LogP contribution is -2.43. The van der Waals surface area contributed by atoms with Gasteiger partial charge in [0.15, 0.2) is 10.1 Å². The number of hydrogen-bond donors (Lipinski definition) is 1. The first kappa shape index (κ1) is 44.5. The van der Waals surface area contributed by atoms with Crippen molar-refractivity contribution < 1.29 is 26.4 Å². The first-order chi connectivity index (χ1) is 31.7. The smallest absolute Gasteiger partial charge is 0.287 e. The van der Waals surface area contributed by atoms with Gasteiger partial charge in [-0.1, -0.05) is 20.3 Å². The Morgan fingerprint density at radius 3 is 1.58 bits per heavy atom. The maximum atomic E-state index is 13.8. The third-order valence-corrected chi connectivity index (χ3v) is 18.0. The van der Waals surface area contributed by atoms with E-state index in [4.69, 9.17) is 0 Å². The molecule has 66 heavy (non-hydrogen) atoms. The van der Waals surface area contributed by atoms with Crippen molar-refractivity contribution in [2.75, 3.05) is 39.3 Å². The van der Waals surface area contributed by atoms with Crippen LogP contribution in [0.25, 0.3) is 21.8 Å². The minimum Gasteiger partial charge on any atom is -0.339 e. The fraction of sp³-hybridized carbons (Fsp3) is 0.500. The number of benzene rings is 2. The molecule has 1 saturated carbocycles. The summed E-state index contributed by atoms with van der Waals surface area (Å²) < 4.78 is 60.7. The molecule has 16 nitrogen and oxygen atoms in total. The van der Waals surface area contributed by atoms with E-state index in [2.05, 4.69) is 34.0 Å². The Bertz CT molecular complexity index is 3070. The molecule has 0 atom stereocenters. The second-order valence-electron chi connectivity index (χ2n) is 19.3. The lowest BCUT2D eigenvalue weighted by Gasteiger charge is -2.40. The highest BCUT2D eigenvalue weighted by Gasteiger charge is 2.36. The van der Waals surface area contributed by atoms with Crippen molar-refractivity contribution in [2.45, 2.75) is 101 Å². The summed E-state index contributed by atoms with van der Waals surface area (Å²) in [5.74, 6) is 1.36. The van der Waals surface area contributed by atoms with Crippen LogP contribution in [0.2, 0.25) is 0 Å². The van der Waals surface area contributed by atoms with E-state index in [0.29, 0.717) is 66.0 Å². The number of hydrogen-bond acceptors (Lipinski definition) is 10. The molecule has 1 aliphatic carbocycles. The molecule has 0 bridgehead atoms. The molecule has 0 unspecified atom stereocenters. The molecule has 4 aromatic heterocycles. The standard InChI is InChI=1S/C26H33N5O3S.C22H27N5O3S/c1-18-8-11-29(12-9-18)26(32)19-6-7-23-21(14-19)22-15-30(20-4-3-5-20)13-10-24(22)31(23)35(33,34)25-16-28(2)17-27-25;1-15-6-9-26(10-7-15)22(28)16-3-4-19-17(11-16)18-12-23-8-5-20(18)27(19)31(29,30)21-13-25(2)14-24-21/h6-7,14,16-18,20H,3-5,8-13,15H2,1-2H3;3-4,11,13-15,23H,5-10,12H2,1-2H3. The molecule has 11 rings (SSSR count). The van der Waals surface area contributed by atoms with E-state index in [1.54, 1.807) is 47.6 Å². The predicted molar refractivity (Wildman–Crippen MR) is 251 cm³/mol. The zero-order valence-corrected chi connectivity index (χ0v) is 40.0. The van der Waals surface area contributed by atoms with Crippen molar-refractivity contribution in [2.24, 2.45) is 25.9 Å². The van der Waals surface area contributed by atoms with Crippen molar-refractivity contribution in [1.82, 2.24) is 47.1 Å². The number of carbonyl (C=O) groups is 2. The molecule has 350 valence electrons. The van der Waals surface area contributed by atoms with Crippen molar-refractivity contribution >= 4 is 53.7 Å². The van der Waals surface area contributed by atoms with Crippen LogP contribution in [-0.4, -0.2) is 116 Å². The first-order valence-electron chi connectivity index (χ1n) is 23.5. The Hall–Kier alpha value is -5.30. The van der Waals surface area contributed by atoms with E-state index in [9.17, 15) is 26.4 Å². The Morgan fingerprint density at radius 1 is 0.636 bits per heavy atom. The molecule has 0 radical (unpaired) electrons. The minimum atomic E-state index is -3.86. The number of fused-ring (bicyclic) bond motifs is 6. The van der Waals surface area contributed by atoms with Crippen molar-refractivity contribution in [3.63, 3.8) is 0 Å². The zero-order chi connectivity index (χ0) is 46.1. The van der Waals surface area contributed by atoms with Gasteiger partial charge in [0.05, 0.1) is 23.7 Å². The van der Waals surface area contributed by atoms with Crippen LogP contribution in [0.3, 0.4) is 0 Å². The van der Waals surface area contributed by atoms with Gasteiger partial charge in [-0.3, -0.25) is 14.5 Å². The third kappa shape index (κ3) is 7.96. The molecule has 5 aliphatic rings. The maximum Gasteiger partial charge on any atom is 0.287 e. The molecule has 2 saturated heterocycles. The Labute approximate surface area is 386 Å². The van der Waals surface area contributed by atoms with E-state index in [1.807, 2.05) is 28.0 Å². The summed E-state index contributed by atoms with van der Waals surface area (Å²) in [4.78, 5) is 41.1. The van der Waals surface area contributed by atoms with Gasteiger partial charge in [0.1, 0.15) is 0 Å². The summed E-state index contributed by atoms with van der Waals surface area (Å²) in [6.07, 6.45) is 15.1. The second-order valence-corrected chi connectivity index (χ2v) is 22.8. The number of amides is 2. The van der Waals surface area contributed by atoms with E-state index < -0.39 is 20.0 Å². The molecule has 8 heterocycles. The normalized spacial score (nSPS) is 19.1. The molecule has 6 aromatic rings. The minimum absolute atomic E-state index is 0.0200. The van der Waals surface area contributed by atoms with Gasteiger partial charge in [-0.05, 0) is 97.9 Å². The molecule has 3 fully saturated rings. The zero-order valence-electron chi connectivity index (χ0n) is 38.3. The first-order valence-corrected chi connectivity index (χ1v) is 26.4. The number of aromatic nitrogens is 6. The number of nitrogens with one attached hydrogen (secondary N) is 1. The van der Waals surface area contributed by atoms with Crippen LogP contribution in [-0.2, 0) is 60.1 Å². The molecular formula is C48H60N10O6S2. The lowest BCUT2D eigenvalue weighted by molar-refractivity contribution is 0.0689. The van der Waals surface area contributed by atoms with Crippen LogP contribution >= 0.6 is 0 Å². The van der Waals surface area contributed by atoms with Crippen LogP contribution < -0.4 is 5.32 Å². The fourth-order valence-electron chi connectivity index (χ4n) is 10.5. The maximum absolute atomic E-state index is 13.8. The number of imidazole rings is 2. The van der Waals surface area contributed by atoms with Gasteiger partial charge in [-0.15, -0.1) is 0 Å². The summed E-state index contributed by atoms with van der Waals surface area (Å²) >= 11 is 0. The third-order valence-electron chi connectivity index (χ3n) is 14.7. The Morgan fingerprint density at radius 2 is 1.12 bits per heavy atom. The molecule has 2 amide bonds. The van der Waals surface area contributed by atoms with Gasteiger partial charge >= 0.3 is 0 Å². The molecule has 1 N–H and O–H groups in total. The van der Waals surface area contributed by atoms with Gasteiger partial charge in [-0.25, -0.2) is 17.9 Å². The largest absolute Gasteiger partial charge is 0.339 e. The van der Waals surface area contributed by atoms with E-state index in [-0.39, 0.29) is 21.9 Å². The summed E-state index contributed by atoms with van der Waals surface area (Å²) in [5.41, 5.74) is 6.09. The van der Waals surface area contributed by atoms with E-state index in [0.717, 1.165) is 98.2 Å². The summed E-state index contributed by atoms with van der Waals surface area (Å²) in [7, 11) is -4.18. The van der Waals surface area contributed by atoms with Crippen LogP contribution in [0, 0.1) is 11.8 Å². The van der Waals surface area contributed by atoms with Crippen molar-refractivity contribution in [3.8, 4) is 0 Å². The fourth-order valence-corrected chi connectivity index (χ4v) is 13.6. The second kappa shape index (κ2) is 17.4. The predicted octanol–water partition coefficient (Wildman–Crippen LogP) is 5.52. The highest BCUT2D eigenvalue weighted by molar-refractivity contribution is 7.90. The highest BCUT2D eigenvalue weighted by Crippen LogP contribution is 2.38. The highest BCUT2D eigenvalue weighted by atomic mass is 32.2. The monoisotopic (exact) mass is 936 g/mol. The SMILES string of the molecule is CC1CCN(C(=O)c2ccc3c(c2)c2c(n3S(=O)(=O)c3cn(C)cn3)CCN(C3CCC3)C2)CC1.CC1CCN(C(=O)c2ccc3c(c2)c2c(n3S(=O)(=O)c3cn(C)cn3)CCNC2)CC1. The van der Waals surface area contributed by atoms with Crippen LogP contribution in [0.5, 0.6) is 0 Å². The van der Waals surface area contributed by atoms with E-state index in [1.165, 1.54) is 46.1 Å². The lowest BCUT2D eigenvalue weighted by atomic mass is 9.89. The van der Waals surface area contributed by atoms with Gasteiger partial charge in [0, 0.05) is 131 Å². The number of nitrogens with zero attached hydrogens (tertiary/aromatic N) is 9. The molecular weight excluding hydrogens is 877 g/mol. The van der Waals surface area contributed by atoms with Gasteiger partial charge in [-0.2, -0.15) is 16.8 Å². The van der Waals surface area contributed by atoms with Crippen LogP contribution in [0.15, 0.2) is 71.5 Å². The van der Waals surface area contributed by atoms with Crippen LogP contribution in [0.4, 0.5) is 0 Å². The van der Waals surface area contributed by atoms with Gasteiger partial charge < -0.3 is 24.3 Å². The molecule has 2 aromatic carbocycles. The molecule has 0 spiro atoms. The Balaban J connectivity index is 0.000000156. The summed E-state index contributed by atoms with van der Waals surface area (Å²) in [5, 5.41) is 5.10.